The normalized spacial score (nSPS) is 10.3. The number of anilines is 1. The number of carbonyl (C=O) groups is 1. The number of hydrogen-bond donors (Lipinski definition) is 1. The van der Waals surface area contributed by atoms with Crippen molar-refractivity contribution < 1.29 is 4.79 Å². The maximum absolute atomic E-state index is 12.2. The fourth-order valence-corrected chi connectivity index (χ4v) is 2.76. The van der Waals surface area contributed by atoms with Crippen LogP contribution in [0.5, 0.6) is 0 Å². The van der Waals surface area contributed by atoms with Gasteiger partial charge in [0.1, 0.15) is 0 Å². The molecule has 0 aliphatic carbocycles. The highest BCUT2D eigenvalue weighted by Gasteiger charge is 2.11. The van der Waals surface area contributed by atoms with Crippen molar-refractivity contribution in [1.29, 1.82) is 0 Å². The van der Waals surface area contributed by atoms with Crippen molar-refractivity contribution in [3.8, 4) is 0 Å². The number of aryl methyl sites for hydroxylation is 1. The topological polar surface area (TPSA) is 29.1 Å². The summed E-state index contributed by atoms with van der Waals surface area (Å²) in [5.74, 6) is -0.118. The highest BCUT2D eigenvalue weighted by Crippen LogP contribution is 2.23. The first-order valence-electron chi connectivity index (χ1n) is 5.50. The van der Waals surface area contributed by atoms with Crippen LogP contribution in [-0.2, 0) is 0 Å². The number of carbonyl (C=O) groups excluding carboxylic acids is 1. The Morgan fingerprint density at radius 2 is 1.79 bits per heavy atom. The van der Waals surface area contributed by atoms with Gasteiger partial charge in [0.05, 0.1) is 5.56 Å². The number of benzene rings is 2. The summed E-state index contributed by atoms with van der Waals surface area (Å²) in [7, 11) is 0. The summed E-state index contributed by atoms with van der Waals surface area (Å²) < 4.78 is 2.85. The lowest BCUT2D eigenvalue weighted by atomic mass is 10.2. The molecule has 0 aromatic heterocycles. The molecular formula is C14H10Br2INO. The van der Waals surface area contributed by atoms with Crippen LogP contribution in [0.2, 0.25) is 0 Å². The molecular weight excluding hydrogens is 485 g/mol. The van der Waals surface area contributed by atoms with Crippen molar-refractivity contribution in [2.45, 2.75) is 6.92 Å². The van der Waals surface area contributed by atoms with Crippen LogP contribution in [0.3, 0.4) is 0 Å². The summed E-state index contributed by atoms with van der Waals surface area (Å²) >= 11 is 9.03. The zero-order valence-electron chi connectivity index (χ0n) is 10.0. The van der Waals surface area contributed by atoms with Crippen molar-refractivity contribution in [1.82, 2.24) is 0 Å². The molecule has 2 aromatic rings. The highest BCUT2D eigenvalue weighted by molar-refractivity contribution is 14.1. The molecule has 0 atom stereocenters. The van der Waals surface area contributed by atoms with Crippen LogP contribution in [0.15, 0.2) is 45.3 Å². The summed E-state index contributed by atoms with van der Waals surface area (Å²) in [6, 6.07) is 11.4. The summed E-state index contributed by atoms with van der Waals surface area (Å²) in [4.78, 5) is 12.2. The molecule has 1 amide bonds. The van der Waals surface area contributed by atoms with Crippen LogP contribution in [0, 0.1) is 10.5 Å². The van der Waals surface area contributed by atoms with Gasteiger partial charge in [0.25, 0.3) is 5.91 Å². The molecule has 0 aliphatic rings. The van der Waals surface area contributed by atoms with E-state index in [0.29, 0.717) is 5.56 Å². The minimum Gasteiger partial charge on any atom is -0.322 e. The Balaban J connectivity index is 2.25. The smallest absolute Gasteiger partial charge is 0.256 e. The number of amides is 1. The van der Waals surface area contributed by atoms with Crippen LogP contribution in [0.1, 0.15) is 15.9 Å². The van der Waals surface area contributed by atoms with E-state index >= 15 is 0 Å². The third-order valence-electron chi connectivity index (χ3n) is 2.59. The molecule has 0 spiro atoms. The summed E-state index contributed by atoms with van der Waals surface area (Å²) in [6.45, 7) is 1.99. The first-order valence-corrected chi connectivity index (χ1v) is 8.16. The Hall–Kier alpha value is -0.400. The quantitative estimate of drug-likeness (QED) is 0.558. The predicted molar refractivity (Wildman–Crippen MR) is 93.7 cm³/mol. The van der Waals surface area contributed by atoms with Gasteiger partial charge in [-0.1, -0.05) is 15.9 Å². The molecule has 2 aromatic carbocycles. The summed E-state index contributed by atoms with van der Waals surface area (Å²) in [6.07, 6.45) is 0. The first-order chi connectivity index (χ1) is 8.97. The van der Waals surface area contributed by atoms with Gasteiger partial charge in [0.15, 0.2) is 0 Å². The van der Waals surface area contributed by atoms with Gasteiger partial charge in [-0.15, -0.1) is 0 Å². The van der Waals surface area contributed by atoms with Crippen molar-refractivity contribution in [2.24, 2.45) is 0 Å². The van der Waals surface area contributed by atoms with Gasteiger partial charge in [-0.2, -0.15) is 0 Å². The number of hydrogen-bond acceptors (Lipinski definition) is 1. The molecule has 0 bridgehead atoms. The minimum atomic E-state index is -0.118. The van der Waals surface area contributed by atoms with Crippen molar-refractivity contribution in [3.63, 3.8) is 0 Å². The molecule has 5 heteroatoms. The zero-order chi connectivity index (χ0) is 14.0. The zero-order valence-corrected chi connectivity index (χ0v) is 15.3. The Morgan fingerprint density at radius 3 is 2.47 bits per heavy atom. The molecule has 0 radical (unpaired) electrons. The van der Waals surface area contributed by atoms with Crippen LogP contribution in [0.4, 0.5) is 5.69 Å². The van der Waals surface area contributed by atoms with Gasteiger partial charge in [-0.3, -0.25) is 4.79 Å². The van der Waals surface area contributed by atoms with Gasteiger partial charge < -0.3 is 5.32 Å². The average molecular weight is 495 g/mol. The monoisotopic (exact) mass is 493 g/mol. The van der Waals surface area contributed by atoms with E-state index < -0.39 is 0 Å². The fourth-order valence-electron chi connectivity index (χ4n) is 1.59. The largest absolute Gasteiger partial charge is 0.322 e. The van der Waals surface area contributed by atoms with Gasteiger partial charge in [0, 0.05) is 18.2 Å². The number of nitrogens with one attached hydrogen (secondary N) is 1. The van der Waals surface area contributed by atoms with Crippen molar-refractivity contribution in [3.05, 3.63) is 60.0 Å². The maximum Gasteiger partial charge on any atom is 0.256 e. The molecule has 2 nitrogen and oxygen atoms in total. The highest BCUT2D eigenvalue weighted by atomic mass is 127. The molecule has 0 unspecified atom stereocenters. The van der Waals surface area contributed by atoms with E-state index in [0.717, 1.165) is 23.8 Å². The second-order valence-electron chi connectivity index (χ2n) is 4.04. The summed E-state index contributed by atoms with van der Waals surface area (Å²) in [5.41, 5.74) is 2.50. The number of rotatable bonds is 2. The van der Waals surface area contributed by atoms with E-state index in [4.69, 9.17) is 0 Å². The average Bonchev–Trinajstić information content (AvgIpc) is 2.36. The molecule has 0 saturated carbocycles. The van der Waals surface area contributed by atoms with E-state index in [-0.39, 0.29) is 5.91 Å². The van der Waals surface area contributed by atoms with Crippen molar-refractivity contribution >= 4 is 66.0 Å². The van der Waals surface area contributed by atoms with Gasteiger partial charge in [-0.25, -0.2) is 0 Å². The van der Waals surface area contributed by atoms with E-state index in [1.54, 1.807) is 0 Å². The maximum atomic E-state index is 12.2. The molecule has 19 heavy (non-hydrogen) atoms. The van der Waals surface area contributed by atoms with Gasteiger partial charge in [-0.05, 0) is 87.4 Å². The molecule has 1 N–H and O–H groups in total. The van der Waals surface area contributed by atoms with Crippen LogP contribution < -0.4 is 5.32 Å². The van der Waals surface area contributed by atoms with E-state index in [9.17, 15) is 4.79 Å². The lowest BCUT2D eigenvalue weighted by Gasteiger charge is -2.09. The first kappa shape index (κ1) is 15.0. The lowest BCUT2D eigenvalue weighted by molar-refractivity contribution is 0.102. The standard InChI is InChI=1S/C14H10Br2INO/c1-8-6-10(3-5-12(8)15)18-14(19)11-7-9(17)2-4-13(11)16/h2-7H,1H3,(H,18,19). The Bertz CT molecular complexity index is 643. The van der Waals surface area contributed by atoms with E-state index in [1.807, 2.05) is 43.3 Å². The Morgan fingerprint density at radius 1 is 1.11 bits per heavy atom. The Labute approximate surface area is 142 Å². The fraction of sp³-hybridized carbons (Fsp3) is 0.0714. The summed E-state index contributed by atoms with van der Waals surface area (Å²) in [5, 5.41) is 2.90. The molecule has 0 saturated heterocycles. The van der Waals surface area contributed by atoms with Crippen LogP contribution in [0.25, 0.3) is 0 Å². The number of halogens is 3. The molecule has 0 fully saturated rings. The van der Waals surface area contributed by atoms with Crippen LogP contribution in [-0.4, -0.2) is 5.91 Å². The molecule has 98 valence electrons. The predicted octanol–water partition coefficient (Wildman–Crippen LogP) is 5.38. The SMILES string of the molecule is Cc1cc(NC(=O)c2cc(I)ccc2Br)ccc1Br. The van der Waals surface area contributed by atoms with Crippen LogP contribution >= 0.6 is 54.5 Å². The van der Waals surface area contributed by atoms with E-state index in [1.165, 1.54) is 0 Å². The second kappa shape index (κ2) is 6.37. The molecule has 2 rings (SSSR count). The second-order valence-corrected chi connectivity index (χ2v) is 7.00. The van der Waals surface area contributed by atoms with Crippen molar-refractivity contribution in [2.75, 3.05) is 5.32 Å². The molecule has 0 heterocycles. The molecule has 0 aliphatic heterocycles. The lowest BCUT2D eigenvalue weighted by Crippen LogP contribution is -2.12. The third-order valence-corrected chi connectivity index (χ3v) is 4.84. The van der Waals surface area contributed by atoms with Gasteiger partial charge >= 0.3 is 0 Å². The van der Waals surface area contributed by atoms with Gasteiger partial charge in [0.2, 0.25) is 0 Å². The third kappa shape index (κ3) is 3.79. The minimum absolute atomic E-state index is 0.118. The Kier molecular flexibility index (Phi) is 5.03. The van der Waals surface area contributed by atoms with E-state index in [2.05, 4.69) is 59.8 Å².